The Balaban J connectivity index is 3.03. The summed E-state index contributed by atoms with van der Waals surface area (Å²) in [6.45, 7) is 8.29. The van der Waals surface area contributed by atoms with Gasteiger partial charge in [-0.05, 0) is 36.5 Å². The Morgan fingerprint density at radius 3 is 2.41 bits per heavy atom. The molecule has 0 saturated carbocycles. The number of hydrogen-bond donors (Lipinski definition) is 2. The molecule has 0 aromatic heterocycles. The first-order valence-corrected chi connectivity index (χ1v) is 6.04. The number of hydrogen-bond acceptors (Lipinski definition) is 2. The van der Waals surface area contributed by atoms with Crippen molar-refractivity contribution in [2.75, 3.05) is 7.05 Å². The first kappa shape index (κ1) is 13.7. The number of rotatable bonds is 4. The van der Waals surface area contributed by atoms with Crippen LogP contribution in [-0.2, 0) is 4.79 Å². The van der Waals surface area contributed by atoms with Gasteiger partial charge in [0.05, 0.1) is 5.92 Å². The highest BCUT2D eigenvalue weighted by Crippen LogP contribution is 2.24. The Hall–Kier alpha value is -1.35. The van der Waals surface area contributed by atoms with Crippen LogP contribution in [-0.4, -0.2) is 13.0 Å². The third-order valence-corrected chi connectivity index (χ3v) is 3.08. The summed E-state index contributed by atoms with van der Waals surface area (Å²) < 4.78 is 0. The van der Waals surface area contributed by atoms with Crippen molar-refractivity contribution in [2.24, 2.45) is 0 Å². The summed E-state index contributed by atoms with van der Waals surface area (Å²) in [5.74, 6) is 0.339. The largest absolute Gasteiger partial charge is 0.291 e. The monoisotopic (exact) mass is 234 g/mol. The maximum absolute atomic E-state index is 11.8. The number of carbonyl (C=O) groups excluding carboxylic acids is 1. The molecule has 0 bridgehead atoms. The Kier molecular flexibility index (Phi) is 4.70. The Morgan fingerprint density at radius 2 is 1.88 bits per heavy atom. The van der Waals surface area contributed by atoms with Gasteiger partial charge in [-0.25, -0.2) is 5.43 Å². The molecule has 0 heterocycles. The van der Waals surface area contributed by atoms with Crippen LogP contribution in [0.4, 0.5) is 0 Å². The van der Waals surface area contributed by atoms with E-state index in [2.05, 4.69) is 42.9 Å². The lowest BCUT2D eigenvalue weighted by Gasteiger charge is -2.17. The molecule has 17 heavy (non-hydrogen) atoms. The third kappa shape index (κ3) is 3.30. The molecule has 2 N–H and O–H groups in total. The van der Waals surface area contributed by atoms with Crippen molar-refractivity contribution in [1.29, 1.82) is 0 Å². The van der Waals surface area contributed by atoms with Crippen molar-refractivity contribution in [3.05, 3.63) is 34.9 Å². The van der Waals surface area contributed by atoms with E-state index in [1.807, 2.05) is 13.8 Å². The molecule has 0 spiro atoms. The lowest BCUT2D eigenvalue weighted by Crippen LogP contribution is -2.37. The van der Waals surface area contributed by atoms with E-state index in [9.17, 15) is 4.79 Å². The maximum atomic E-state index is 11.8. The first-order valence-electron chi connectivity index (χ1n) is 6.04. The summed E-state index contributed by atoms with van der Waals surface area (Å²) in [5.41, 5.74) is 8.84. The van der Waals surface area contributed by atoms with E-state index in [1.54, 1.807) is 7.05 Å². The SMILES string of the molecule is CNNC(=O)C(C)c1cc(C(C)C)ccc1C. The number of aryl methyl sites for hydroxylation is 1. The van der Waals surface area contributed by atoms with Gasteiger partial charge < -0.3 is 0 Å². The van der Waals surface area contributed by atoms with Gasteiger partial charge in [0, 0.05) is 7.05 Å². The molecule has 94 valence electrons. The van der Waals surface area contributed by atoms with E-state index < -0.39 is 0 Å². The van der Waals surface area contributed by atoms with Crippen molar-refractivity contribution in [3.8, 4) is 0 Å². The van der Waals surface area contributed by atoms with E-state index in [0.717, 1.165) is 11.1 Å². The average molecular weight is 234 g/mol. The summed E-state index contributed by atoms with van der Waals surface area (Å²) in [6.07, 6.45) is 0. The molecule has 0 aliphatic rings. The highest BCUT2D eigenvalue weighted by atomic mass is 16.2. The van der Waals surface area contributed by atoms with Crippen molar-refractivity contribution >= 4 is 5.91 Å². The molecule has 1 rings (SSSR count). The van der Waals surface area contributed by atoms with Crippen molar-refractivity contribution in [1.82, 2.24) is 10.9 Å². The van der Waals surface area contributed by atoms with Crippen LogP contribution in [0.15, 0.2) is 18.2 Å². The molecule has 1 atom stereocenters. The van der Waals surface area contributed by atoms with Crippen LogP contribution < -0.4 is 10.9 Å². The van der Waals surface area contributed by atoms with E-state index >= 15 is 0 Å². The van der Waals surface area contributed by atoms with E-state index in [-0.39, 0.29) is 11.8 Å². The Bertz CT molecular complexity index is 399. The molecular formula is C14H22N2O. The highest BCUT2D eigenvalue weighted by Gasteiger charge is 2.17. The number of hydrazine groups is 1. The van der Waals surface area contributed by atoms with E-state index in [1.165, 1.54) is 5.56 Å². The van der Waals surface area contributed by atoms with Gasteiger partial charge in [0.2, 0.25) is 5.91 Å². The number of carbonyl (C=O) groups is 1. The van der Waals surface area contributed by atoms with Crippen LogP contribution >= 0.6 is 0 Å². The van der Waals surface area contributed by atoms with Crippen molar-refractivity contribution < 1.29 is 4.79 Å². The lowest BCUT2D eigenvalue weighted by atomic mass is 9.91. The molecule has 1 aromatic carbocycles. The Morgan fingerprint density at radius 1 is 1.24 bits per heavy atom. The van der Waals surface area contributed by atoms with Crippen molar-refractivity contribution in [3.63, 3.8) is 0 Å². The molecule has 0 saturated heterocycles. The molecule has 1 aromatic rings. The summed E-state index contributed by atoms with van der Waals surface area (Å²) in [4.78, 5) is 11.8. The molecule has 0 aliphatic heterocycles. The predicted octanol–water partition coefficient (Wildman–Crippen LogP) is 2.47. The van der Waals surface area contributed by atoms with Gasteiger partial charge in [-0.15, -0.1) is 0 Å². The zero-order valence-electron chi connectivity index (χ0n) is 11.3. The first-order chi connectivity index (χ1) is 7.97. The summed E-state index contributed by atoms with van der Waals surface area (Å²) in [6, 6.07) is 6.36. The fourth-order valence-corrected chi connectivity index (χ4v) is 1.86. The molecule has 0 aliphatic carbocycles. The van der Waals surface area contributed by atoms with Crippen LogP contribution in [0.2, 0.25) is 0 Å². The lowest BCUT2D eigenvalue weighted by molar-refractivity contribution is -0.123. The highest BCUT2D eigenvalue weighted by molar-refractivity contribution is 5.83. The van der Waals surface area contributed by atoms with Crippen LogP contribution in [0, 0.1) is 6.92 Å². The fourth-order valence-electron chi connectivity index (χ4n) is 1.86. The number of amides is 1. The molecule has 1 unspecified atom stereocenters. The molecule has 3 nitrogen and oxygen atoms in total. The number of nitrogens with one attached hydrogen (secondary N) is 2. The van der Waals surface area contributed by atoms with Gasteiger partial charge in [0.25, 0.3) is 0 Å². The van der Waals surface area contributed by atoms with E-state index in [0.29, 0.717) is 5.92 Å². The molecule has 3 heteroatoms. The van der Waals surface area contributed by atoms with Gasteiger partial charge in [-0.2, -0.15) is 0 Å². The van der Waals surface area contributed by atoms with Gasteiger partial charge in [-0.3, -0.25) is 10.2 Å². The van der Waals surface area contributed by atoms with Crippen LogP contribution in [0.3, 0.4) is 0 Å². The number of benzene rings is 1. The molecule has 0 radical (unpaired) electrons. The van der Waals surface area contributed by atoms with Gasteiger partial charge >= 0.3 is 0 Å². The van der Waals surface area contributed by atoms with Gasteiger partial charge in [-0.1, -0.05) is 32.0 Å². The normalized spacial score (nSPS) is 12.6. The molecule has 1 amide bonds. The minimum Gasteiger partial charge on any atom is -0.291 e. The molecular weight excluding hydrogens is 212 g/mol. The third-order valence-electron chi connectivity index (χ3n) is 3.08. The smallest absolute Gasteiger partial charge is 0.241 e. The minimum atomic E-state index is -0.138. The topological polar surface area (TPSA) is 41.1 Å². The standard InChI is InChI=1S/C14H22N2O/c1-9(2)12-7-6-10(3)13(8-12)11(4)14(17)16-15-5/h6-9,11,15H,1-5H3,(H,16,17). The Labute approximate surface area is 104 Å². The van der Waals surface area contributed by atoms with Gasteiger partial charge in [0.1, 0.15) is 0 Å². The second-order valence-electron chi connectivity index (χ2n) is 4.73. The minimum absolute atomic E-state index is 0.00324. The van der Waals surface area contributed by atoms with Crippen molar-refractivity contribution in [2.45, 2.75) is 39.5 Å². The predicted molar refractivity (Wildman–Crippen MR) is 70.9 cm³/mol. The second-order valence-corrected chi connectivity index (χ2v) is 4.73. The summed E-state index contributed by atoms with van der Waals surface area (Å²) in [5, 5.41) is 0. The summed E-state index contributed by atoms with van der Waals surface area (Å²) >= 11 is 0. The molecule has 0 fully saturated rings. The zero-order chi connectivity index (χ0) is 13.0. The van der Waals surface area contributed by atoms with E-state index in [4.69, 9.17) is 0 Å². The van der Waals surface area contributed by atoms with Crippen LogP contribution in [0.1, 0.15) is 49.3 Å². The fraction of sp³-hybridized carbons (Fsp3) is 0.500. The van der Waals surface area contributed by atoms with Crippen LogP contribution in [0.25, 0.3) is 0 Å². The maximum Gasteiger partial charge on any atom is 0.241 e. The van der Waals surface area contributed by atoms with Gasteiger partial charge in [0.15, 0.2) is 0 Å². The second kappa shape index (κ2) is 5.82. The zero-order valence-corrected chi connectivity index (χ0v) is 11.3. The average Bonchev–Trinajstić information content (AvgIpc) is 2.28. The quantitative estimate of drug-likeness (QED) is 0.786. The van der Waals surface area contributed by atoms with Crippen LogP contribution in [0.5, 0.6) is 0 Å². The summed E-state index contributed by atoms with van der Waals surface area (Å²) in [7, 11) is 1.70.